The van der Waals surface area contributed by atoms with E-state index in [1.165, 1.54) is 52.0 Å². The van der Waals surface area contributed by atoms with Crippen LogP contribution in [0.2, 0.25) is 0 Å². The molecule has 1 aromatic carbocycles. The largest absolute Gasteiger partial charge is 0.379 e. The van der Waals surface area contributed by atoms with E-state index in [9.17, 15) is 0 Å². The summed E-state index contributed by atoms with van der Waals surface area (Å²) in [6.07, 6.45) is 4.72. The summed E-state index contributed by atoms with van der Waals surface area (Å²) < 4.78 is 5.54. The zero-order valence-electron chi connectivity index (χ0n) is 18.3. The maximum atomic E-state index is 5.54. The van der Waals surface area contributed by atoms with Crippen LogP contribution in [0.25, 0.3) is 10.2 Å². The minimum atomic E-state index is 0.770. The molecule has 0 bridgehead atoms. The lowest BCUT2D eigenvalue weighted by atomic mass is 9.89. The number of nitrogens with zero attached hydrogens (tertiary/aromatic N) is 4. The van der Waals surface area contributed by atoms with Gasteiger partial charge in [-0.3, -0.25) is 4.90 Å². The summed E-state index contributed by atoms with van der Waals surface area (Å²) >= 11 is 1.92. The lowest BCUT2D eigenvalue weighted by molar-refractivity contribution is 0.0331. The minimum Gasteiger partial charge on any atom is -0.379 e. The quantitative estimate of drug-likeness (QED) is 0.618. The van der Waals surface area contributed by atoms with Gasteiger partial charge in [-0.25, -0.2) is 9.97 Å². The predicted octanol–water partition coefficient (Wildman–Crippen LogP) is 4.21. The first-order chi connectivity index (χ1) is 15.2. The molecule has 4 heterocycles. The van der Waals surface area contributed by atoms with Gasteiger partial charge in [0.1, 0.15) is 16.5 Å². The summed E-state index contributed by atoms with van der Waals surface area (Å²) in [5.74, 6) is 2.91. The van der Waals surface area contributed by atoms with Crippen molar-refractivity contribution in [1.29, 1.82) is 0 Å². The van der Waals surface area contributed by atoms with E-state index in [4.69, 9.17) is 14.7 Å². The molecule has 6 heteroatoms. The Morgan fingerprint density at radius 1 is 1.06 bits per heavy atom. The Hall–Kier alpha value is -2.02. The van der Waals surface area contributed by atoms with Crippen LogP contribution in [-0.2, 0) is 37.1 Å². The Labute approximate surface area is 188 Å². The van der Waals surface area contributed by atoms with E-state index in [1.807, 2.05) is 11.3 Å². The first-order valence-electron chi connectivity index (χ1n) is 11.7. The maximum Gasteiger partial charge on any atom is 0.146 e. The first-order valence-corrected chi connectivity index (χ1v) is 12.5. The summed E-state index contributed by atoms with van der Waals surface area (Å²) in [6, 6.07) is 8.88. The van der Waals surface area contributed by atoms with Crippen LogP contribution in [0, 0.1) is 5.92 Å². The van der Waals surface area contributed by atoms with E-state index in [0.29, 0.717) is 0 Å². The fraction of sp³-hybridized carbons (Fsp3) is 0.520. The lowest BCUT2D eigenvalue weighted by Crippen LogP contribution is -2.36. The number of ether oxygens (including phenoxy) is 1. The van der Waals surface area contributed by atoms with Crippen molar-refractivity contribution in [2.75, 3.05) is 37.7 Å². The Kier molecular flexibility index (Phi) is 5.17. The van der Waals surface area contributed by atoms with E-state index in [1.54, 1.807) is 4.88 Å². The number of benzene rings is 1. The van der Waals surface area contributed by atoms with Crippen LogP contribution >= 0.6 is 11.3 Å². The number of rotatable bonds is 3. The lowest BCUT2D eigenvalue weighted by Gasteiger charge is -2.31. The highest BCUT2D eigenvalue weighted by Gasteiger charge is 2.28. The van der Waals surface area contributed by atoms with E-state index in [-0.39, 0.29) is 0 Å². The second-order valence-electron chi connectivity index (χ2n) is 9.32. The molecule has 0 N–H and O–H groups in total. The summed E-state index contributed by atoms with van der Waals surface area (Å²) in [6.45, 7) is 8.72. The summed E-state index contributed by atoms with van der Waals surface area (Å²) in [4.78, 5) is 18.0. The molecule has 0 amide bonds. The molecular weight excluding hydrogens is 404 g/mol. The van der Waals surface area contributed by atoms with Crippen LogP contribution in [-0.4, -0.2) is 47.7 Å². The monoisotopic (exact) mass is 434 g/mol. The molecule has 5 nitrogen and oxygen atoms in total. The average Bonchev–Trinajstić information content (AvgIpc) is 3.16. The molecule has 1 saturated heterocycles. The maximum absolute atomic E-state index is 5.54. The molecule has 1 fully saturated rings. The summed E-state index contributed by atoms with van der Waals surface area (Å²) in [5, 5.41) is 1.34. The molecule has 0 spiro atoms. The highest BCUT2D eigenvalue weighted by Crippen LogP contribution is 2.42. The zero-order chi connectivity index (χ0) is 20.8. The topological polar surface area (TPSA) is 41.5 Å². The third-order valence-corrected chi connectivity index (χ3v) is 8.23. The molecule has 2 aliphatic heterocycles. The van der Waals surface area contributed by atoms with Crippen LogP contribution in [0.4, 0.5) is 5.82 Å². The van der Waals surface area contributed by atoms with Gasteiger partial charge in [-0.15, -0.1) is 11.3 Å². The number of fused-ring (bicyclic) bond motifs is 4. The van der Waals surface area contributed by atoms with Gasteiger partial charge >= 0.3 is 0 Å². The van der Waals surface area contributed by atoms with Gasteiger partial charge in [-0.2, -0.15) is 0 Å². The number of aryl methyl sites for hydroxylation is 1. The van der Waals surface area contributed by atoms with Gasteiger partial charge in [0, 0.05) is 31.1 Å². The van der Waals surface area contributed by atoms with Gasteiger partial charge in [0.15, 0.2) is 0 Å². The van der Waals surface area contributed by atoms with Crippen LogP contribution < -0.4 is 4.90 Å². The predicted molar refractivity (Wildman–Crippen MR) is 126 cm³/mol. The van der Waals surface area contributed by atoms with Gasteiger partial charge in [-0.1, -0.05) is 31.2 Å². The fourth-order valence-corrected chi connectivity index (χ4v) is 6.70. The number of morpholine rings is 1. The van der Waals surface area contributed by atoms with Gasteiger partial charge in [0.25, 0.3) is 0 Å². The number of hydrogen-bond acceptors (Lipinski definition) is 6. The minimum absolute atomic E-state index is 0.770. The third-order valence-electron chi connectivity index (χ3n) is 7.08. The van der Waals surface area contributed by atoms with Gasteiger partial charge < -0.3 is 9.64 Å². The smallest absolute Gasteiger partial charge is 0.146 e. The standard InChI is InChI=1S/C25H30N4OS/c1-17-6-7-20-21(14-17)31-25-23(20)24(26-22(27-25)16-28-10-12-30-13-11-28)29-9-8-18-4-2-3-5-19(18)15-29/h2-5,17H,6-16H2,1H3/t17-/m1/s1. The Balaban J connectivity index is 1.43. The molecule has 3 aromatic rings. The second kappa shape index (κ2) is 8.15. The molecule has 162 valence electrons. The Morgan fingerprint density at radius 2 is 1.90 bits per heavy atom. The van der Waals surface area contributed by atoms with Crippen molar-refractivity contribution in [3.05, 3.63) is 51.7 Å². The Morgan fingerprint density at radius 3 is 2.77 bits per heavy atom. The molecule has 0 saturated carbocycles. The molecule has 0 radical (unpaired) electrons. The summed E-state index contributed by atoms with van der Waals surface area (Å²) in [7, 11) is 0. The van der Waals surface area contributed by atoms with Crippen molar-refractivity contribution in [3.8, 4) is 0 Å². The normalized spacial score (nSPS) is 21.8. The number of anilines is 1. The van der Waals surface area contributed by atoms with Gasteiger partial charge in [0.2, 0.25) is 0 Å². The van der Waals surface area contributed by atoms with Crippen molar-refractivity contribution in [1.82, 2.24) is 14.9 Å². The molecule has 0 unspecified atom stereocenters. The van der Waals surface area contributed by atoms with E-state index >= 15 is 0 Å². The van der Waals surface area contributed by atoms with Gasteiger partial charge in [-0.05, 0) is 48.3 Å². The van der Waals surface area contributed by atoms with E-state index in [0.717, 1.165) is 64.1 Å². The molecule has 2 aromatic heterocycles. The number of aromatic nitrogens is 2. The molecular formula is C25H30N4OS. The SMILES string of the molecule is C[C@@H]1CCc2c(sc3nc(CN4CCOCC4)nc(N4CCc5ccccc5C4)c23)C1. The van der Waals surface area contributed by atoms with Crippen LogP contribution in [0.1, 0.15) is 40.7 Å². The van der Waals surface area contributed by atoms with Gasteiger partial charge in [0.05, 0.1) is 25.1 Å². The van der Waals surface area contributed by atoms with E-state index in [2.05, 4.69) is 41.0 Å². The molecule has 6 rings (SSSR count). The highest BCUT2D eigenvalue weighted by molar-refractivity contribution is 7.19. The van der Waals surface area contributed by atoms with Crippen molar-refractivity contribution >= 4 is 27.4 Å². The van der Waals surface area contributed by atoms with Crippen molar-refractivity contribution < 1.29 is 4.74 Å². The molecule has 3 aliphatic rings. The van der Waals surface area contributed by atoms with Crippen molar-refractivity contribution in [3.63, 3.8) is 0 Å². The summed E-state index contributed by atoms with van der Waals surface area (Å²) in [5.41, 5.74) is 4.46. The van der Waals surface area contributed by atoms with Crippen LogP contribution in [0.3, 0.4) is 0 Å². The third kappa shape index (κ3) is 3.75. The first kappa shape index (κ1) is 19.6. The van der Waals surface area contributed by atoms with Crippen LogP contribution in [0.5, 0.6) is 0 Å². The van der Waals surface area contributed by atoms with E-state index < -0.39 is 0 Å². The molecule has 31 heavy (non-hydrogen) atoms. The molecule has 1 atom stereocenters. The zero-order valence-corrected chi connectivity index (χ0v) is 19.1. The molecule has 1 aliphatic carbocycles. The van der Waals surface area contributed by atoms with Crippen molar-refractivity contribution in [2.45, 2.75) is 45.7 Å². The van der Waals surface area contributed by atoms with Crippen molar-refractivity contribution in [2.24, 2.45) is 5.92 Å². The second-order valence-corrected chi connectivity index (χ2v) is 10.4. The highest BCUT2D eigenvalue weighted by atomic mass is 32.1. The number of hydrogen-bond donors (Lipinski definition) is 0. The average molecular weight is 435 g/mol. The van der Waals surface area contributed by atoms with Crippen LogP contribution in [0.15, 0.2) is 24.3 Å². The fourth-order valence-electron chi connectivity index (χ4n) is 5.30. The Bertz CT molecular complexity index is 1100. The number of thiophene rings is 1.